The summed E-state index contributed by atoms with van der Waals surface area (Å²) in [4.78, 5) is 18.9. The Labute approximate surface area is 121 Å². The van der Waals surface area contributed by atoms with E-state index in [1.165, 1.54) is 4.68 Å². The molecule has 0 atom stereocenters. The van der Waals surface area contributed by atoms with Crippen molar-refractivity contribution in [2.75, 3.05) is 5.43 Å². The summed E-state index contributed by atoms with van der Waals surface area (Å²) in [5.74, 6) is 5.56. The van der Waals surface area contributed by atoms with Crippen LogP contribution >= 0.6 is 0 Å². The minimum Gasteiger partial charge on any atom is -0.292 e. The van der Waals surface area contributed by atoms with Crippen LogP contribution in [0.3, 0.4) is 0 Å². The van der Waals surface area contributed by atoms with Crippen LogP contribution in [0, 0.1) is 17.0 Å². The lowest BCUT2D eigenvalue weighted by atomic mass is 10.2. The Balaban J connectivity index is 2.74. The molecule has 0 fully saturated rings. The molecule has 112 valence electrons. The molecule has 0 saturated heterocycles. The number of aryl methyl sites for hydroxylation is 3. The standard InChI is InChI=1S/C12H17N7O2/c1-4-8-6-9(5-2)18(17-8)11-10(19(20)21)7(3)14-12(15-11)16-13/h6H,4-5,13H2,1-3H3,(H,14,15,16). The van der Waals surface area contributed by atoms with Gasteiger partial charge < -0.3 is 0 Å². The van der Waals surface area contributed by atoms with Crippen LogP contribution in [-0.2, 0) is 12.8 Å². The smallest absolute Gasteiger partial charge is 0.292 e. The molecular formula is C12H17N7O2. The Morgan fingerprint density at radius 1 is 1.38 bits per heavy atom. The molecule has 21 heavy (non-hydrogen) atoms. The molecule has 2 aromatic rings. The number of hydrogen-bond donors (Lipinski definition) is 2. The molecule has 2 heterocycles. The molecule has 0 bridgehead atoms. The topological polar surface area (TPSA) is 125 Å². The Morgan fingerprint density at radius 2 is 2.10 bits per heavy atom. The zero-order valence-electron chi connectivity index (χ0n) is 12.1. The van der Waals surface area contributed by atoms with E-state index in [4.69, 9.17) is 5.84 Å². The number of aromatic nitrogens is 4. The van der Waals surface area contributed by atoms with Gasteiger partial charge in [-0.3, -0.25) is 15.5 Å². The van der Waals surface area contributed by atoms with E-state index in [0.717, 1.165) is 17.8 Å². The quantitative estimate of drug-likeness (QED) is 0.483. The second kappa shape index (κ2) is 5.83. The molecule has 0 aliphatic heterocycles. The van der Waals surface area contributed by atoms with Crippen molar-refractivity contribution in [2.24, 2.45) is 5.84 Å². The molecule has 3 N–H and O–H groups in total. The van der Waals surface area contributed by atoms with Crippen LogP contribution in [0.25, 0.3) is 5.82 Å². The summed E-state index contributed by atoms with van der Waals surface area (Å²) in [5, 5.41) is 15.7. The van der Waals surface area contributed by atoms with E-state index in [9.17, 15) is 10.1 Å². The van der Waals surface area contributed by atoms with Gasteiger partial charge in [0.2, 0.25) is 11.8 Å². The van der Waals surface area contributed by atoms with Gasteiger partial charge >= 0.3 is 5.69 Å². The highest BCUT2D eigenvalue weighted by Crippen LogP contribution is 2.26. The van der Waals surface area contributed by atoms with Crippen molar-refractivity contribution < 1.29 is 4.92 Å². The predicted molar refractivity (Wildman–Crippen MR) is 77.1 cm³/mol. The number of anilines is 1. The molecule has 2 rings (SSSR count). The first-order valence-electron chi connectivity index (χ1n) is 6.59. The average Bonchev–Trinajstić information content (AvgIpc) is 2.89. The number of nitro groups is 1. The van der Waals surface area contributed by atoms with Crippen LogP contribution in [0.5, 0.6) is 0 Å². The summed E-state index contributed by atoms with van der Waals surface area (Å²) in [6.45, 7) is 5.47. The van der Waals surface area contributed by atoms with Crippen LogP contribution in [0.1, 0.15) is 30.9 Å². The maximum absolute atomic E-state index is 11.3. The highest BCUT2D eigenvalue weighted by atomic mass is 16.6. The van der Waals surface area contributed by atoms with Crippen molar-refractivity contribution >= 4 is 11.6 Å². The second-order valence-corrected chi connectivity index (χ2v) is 4.45. The molecule has 0 unspecified atom stereocenters. The second-order valence-electron chi connectivity index (χ2n) is 4.45. The number of nitrogens with zero attached hydrogens (tertiary/aromatic N) is 5. The maximum Gasteiger partial charge on any atom is 0.334 e. The first kappa shape index (κ1) is 14.9. The molecule has 2 aromatic heterocycles. The number of hydrazine groups is 1. The van der Waals surface area contributed by atoms with Gasteiger partial charge in [-0.2, -0.15) is 10.1 Å². The van der Waals surface area contributed by atoms with Crippen molar-refractivity contribution in [3.05, 3.63) is 33.3 Å². The molecule has 0 spiro atoms. The zero-order chi connectivity index (χ0) is 15.6. The molecule has 0 amide bonds. The van der Waals surface area contributed by atoms with Crippen molar-refractivity contribution in [1.29, 1.82) is 0 Å². The SMILES string of the molecule is CCc1cc(CC)n(-c2nc(NN)nc(C)c2[N+](=O)[O-])n1. The zero-order valence-corrected chi connectivity index (χ0v) is 12.1. The Morgan fingerprint density at radius 3 is 2.62 bits per heavy atom. The van der Waals surface area contributed by atoms with Crippen LogP contribution in [-0.4, -0.2) is 24.7 Å². The van der Waals surface area contributed by atoms with Crippen molar-refractivity contribution in [3.8, 4) is 5.82 Å². The third-order valence-electron chi connectivity index (χ3n) is 3.11. The molecule has 0 radical (unpaired) electrons. The maximum atomic E-state index is 11.3. The molecule has 9 heteroatoms. The summed E-state index contributed by atoms with van der Waals surface area (Å²) in [6, 6.07) is 1.91. The number of rotatable bonds is 5. The molecule has 0 aliphatic carbocycles. The van der Waals surface area contributed by atoms with Crippen molar-refractivity contribution in [1.82, 2.24) is 19.7 Å². The molecule has 9 nitrogen and oxygen atoms in total. The highest BCUT2D eigenvalue weighted by Gasteiger charge is 2.25. The lowest BCUT2D eigenvalue weighted by molar-refractivity contribution is -0.385. The number of nitrogens with two attached hydrogens (primary N) is 1. The van der Waals surface area contributed by atoms with Crippen LogP contribution < -0.4 is 11.3 Å². The van der Waals surface area contributed by atoms with Crippen LogP contribution in [0.15, 0.2) is 6.07 Å². The molecule has 0 aliphatic rings. The Kier molecular flexibility index (Phi) is 4.13. The largest absolute Gasteiger partial charge is 0.334 e. The summed E-state index contributed by atoms with van der Waals surface area (Å²) >= 11 is 0. The van der Waals surface area contributed by atoms with Gasteiger partial charge in [0.1, 0.15) is 5.69 Å². The van der Waals surface area contributed by atoms with E-state index in [1.807, 2.05) is 19.9 Å². The van der Waals surface area contributed by atoms with E-state index in [2.05, 4.69) is 20.5 Å². The van der Waals surface area contributed by atoms with E-state index in [0.29, 0.717) is 6.42 Å². The van der Waals surface area contributed by atoms with E-state index < -0.39 is 4.92 Å². The molecular weight excluding hydrogens is 274 g/mol. The normalized spacial score (nSPS) is 10.7. The van der Waals surface area contributed by atoms with Gasteiger partial charge in [0.15, 0.2) is 0 Å². The summed E-state index contributed by atoms with van der Waals surface area (Å²) in [6.07, 6.45) is 1.42. The minimum absolute atomic E-state index is 0.115. The van der Waals surface area contributed by atoms with Crippen molar-refractivity contribution in [2.45, 2.75) is 33.6 Å². The van der Waals surface area contributed by atoms with Crippen molar-refractivity contribution in [3.63, 3.8) is 0 Å². The number of nitrogens with one attached hydrogen (secondary N) is 1. The molecule has 0 aromatic carbocycles. The van der Waals surface area contributed by atoms with Gasteiger partial charge in [0.25, 0.3) is 0 Å². The van der Waals surface area contributed by atoms with Gasteiger partial charge in [-0.15, -0.1) is 0 Å². The summed E-state index contributed by atoms with van der Waals surface area (Å²) in [7, 11) is 0. The monoisotopic (exact) mass is 291 g/mol. The Hall–Kier alpha value is -2.55. The summed E-state index contributed by atoms with van der Waals surface area (Å²) < 4.78 is 1.49. The minimum atomic E-state index is -0.502. The fourth-order valence-corrected chi connectivity index (χ4v) is 2.06. The summed E-state index contributed by atoms with van der Waals surface area (Å²) in [5.41, 5.74) is 4.07. The van der Waals surface area contributed by atoms with Gasteiger partial charge in [-0.25, -0.2) is 15.5 Å². The third kappa shape index (κ3) is 2.68. The van der Waals surface area contributed by atoms with Crippen LogP contribution in [0.2, 0.25) is 0 Å². The third-order valence-corrected chi connectivity index (χ3v) is 3.11. The average molecular weight is 291 g/mol. The first-order chi connectivity index (χ1) is 10.0. The molecule has 0 saturated carbocycles. The van der Waals surface area contributed by atoms with E-state index in [-0.39, 0.29) is 23.1 Å². The van der Waals surface area contributed by atoms with E-state index >= 15 is 0 Å². The van der Waals surface area contributed by atoms with Gasteiger partial charge in [-0.1, -0.05) is 13.8 Å². The number of nitrogen functional groups attached to an aromatic ring is 1. The predicted octanol–water partition coefficient (Wildman–Crippen LogP) is 1.29. The van der Waals surface area contributed by atoms with Gasteiger partial charge in [0.05, 0.1) is 10.6 Å². The first-order valence-corrected chi connectivity index (χ1v) is 6.59. The van der Waals surface area contributed by atoms with Gasteiger partial charge in [0, 0.05) is 5.69 Å². The highest BCUT2D eigenvalue weighted by molar-refractivity contribution is 5.53. The lowest BCUT2D eigenvalue weighted by Gasteiger charge is -2.09. The van der Waals surface area contributed by atoms with E-state index in [1.54, 1.807) is 6.92 Å². The van der Waals surface area contributed by atoms with Crippen LogP contribution in [0.4, 0.5) is 11.6 Å². The number of hydrogen-bond acceptors (Lipinski definition) is 7. The fourth-order valence-electron chi connectivity index (χ4n) is 2.06. The lowest BCUT2D eigenvalue weighted by Crippen LogP contribution is -2.16. The Bertz CT molecular complexity index is 680. The fraction of sp³-hybridized carbons (Fsp3) is 0.417. The van der Waals surface area contributed by atoms with Gasteiger partial charge in [-0.05, 0) is 25.8 Å².